The van der Waals surface area contributed by atoms with Crippen molar-refractivity contribution >= 4 is 27.5 Å². The largest absolute Gasteiger partial charge is 0.463 e. The molecule has 1 N–H and O–H groups in total. The van der Waals surface area contributed by atoms with Crippen LogP contribution in [0, 0.1) is 6.92 Å². The van der Waals surface area contributed by atoms with Gasteiger partial charge in [0.05, 0.1) is 12.1 Å². The number of H-pyrrole nitrogens is 1. The minimum Gasteiger partial charge on any atom is -0.463 e. The third kappa shape index (κ3) is 3.76. The molecule has 0 aliphatic heterocycles. The number of fused-ring (bicyclic) bond motifs is 1. The quantitative estimate of drug-likeness (QED) is 0.528. The van der Waals surface area contributed by atoms with Gasteiger partial charge in [-0.05, 0) is 12.5 Å². The molecule has 2 heterocycles. The predicted molar refractivity (Wildman–Crippen MR) is 99.5 cm³/mol. The Balaban J connectivity index is 1.98. The van der Waals surface area contributed by atoms with Gasteiger partial charge in [0.2, 0.25) is 0 Å². The van der Waals surface area contributed by atoms with Crippen LogP contribution in [0.5, 0.6) is 0 Å². The molecule has 0 radical (unpaired) electrons. The number of benzene rings is 1. The highest BCUT2D eigenvalue weighted by atomic mass is 32.1. The average Bonchev–Trinajstić information content (AvgIpc) is 3.03. The number of carbonyl (C=O) groups is 1. The summed E-state index contributed by atoms with van der Waals surface area (Å²) < 4.78 is 12.1. The second-order valence-electron chi connectivity index (χ2n) is 5.76. The van der Waals surface area contributed by atoms with Gasteiger partial charge in [-0.3, -0.25) is 19.1 Å². The summed E-state index contributed by atoms with van der Waals surface area (Å²) in [5.74, 6) is -0.392. The lowest BCUT2D eigenvalue weighted by atomic mass is 10.1. The molecule has 0 bridgehead atoms. The van der Waals surface area contributed by atoms with Crippen molar-refractivity contribution in [2.75, 3.05) is 13.2 Å². The second-order valence-corrected chi connectivity index (χ2v) is 6.64. The maximum atomic E-state index is 12.3. The molecule has 3 aromatic rings. The van der Waals surface area contributed by atoms with Crippen molar-refractivity contribution < 1.29 is 14.3 Å². The first-order chi connectivity index (χ1) is 12.5. The first kappa shape index (κ1) is 18.1. The Bertz CT molecular complexity index is 1050. The molecule has 8 heteroatoms. The highest BCUT2D eigenvalue weighted by Gasteiger charge is 2.15. The van der Waals surface area contributed by atoms with Crippen LogP contribution in [0.2, 0.25) is 0 Å². The number of nitrogens with zero attached hydrogens (tertiary/aromatic N) is 1. The van der Waals surface area contributed by atoms with E-state index in [4.69, 9.17) is 9.47 Å². The van der Waals surface area contributed by atoms with Gasteiger partial charge in [0.25, 0.3) is 5.56 Å². The summed E-state index contributed by atoms with van der Waals surface area (Å²) in [6.45, 7) is 3.51. The summed E-state index contributed by atoms with van der Waals surface area (Å²) >= 11 is 1.28. The third-order valence-electron chi connectivity index (χ3n) is 3.82. The summed E-state index contributed by atoms with van der Waals surface area (Å²) in [5, 5.41) is 1.86. The van der Waals surface area contributed by atoms with E-state index in [-0.39, 0.29) is 19.9 Å². The Morgan fingerprint density at radius 2 is 1.92 bits per heavy atom. The van der Waals surface area contributed by atoms with Crippen LogP contribution in [-0.4, -0.2) is 28.7 Å². The first-order valence-corrected chi connectivity index (χ1v) is 8.88. The van der Waals surface area contributed by atoms with Crippen LogP contribution in [0.1, 0.15) is 12.5 Å². The van der Waals surface area contributed by atoms with E-state index in [2.05, 4.69) is 4.98 Å². The van der Waals surface area contributed by atoms with Crippen molar-refractivity contribution in [3.8, 4) is 11.1 Å². The van der Waals surface area contributed by atoms with E-state index in [0.29, 0.717) is 10.2 Å². The predicted octanol–water partition coefficient (Wildman–Crippen LogP) is 2.26. The Morgan fingerprint density at radius 3 is 2.62 bits per heavy atom. The first-order valence-electron chi connectivity index (χ1n) is 8.00. The average molecular weight is 374 g/mol. The molecule has 0 aliphatic carbocycles. The highest BCUT2D eigenvalue weighted by molar-refractivity contribution is 7.17. The fraction of sp³-hybridized carbons (Fsp3) is 0.278. The number of aromatic nitrogens is 2. The van der Waals surface area contributed by atoms with Crippen LogP contribution < -0.4 is 11.2 Å². The number of carbonyl (C=O) groups excluding carboxylic acids is 1. The van der Waals surface area contributed by atoms with Gasteiger partial charge in [0.15, 0.2) is 0 Å². The summed E-state index contributed by atoms with van der Waals surface area (Å²) in [7, 11) is 0. The monoisotopic (exact) mass is 374 g/mol. The van der Waals surface area contributed by atoms with Crippen molar-refractivity contribution in [3.63, 3.8) is 0 Å². The number of aromatic amines is 1. The molecule has 0 saturated heterocycles. The molecule has 0 atom stereocenters. The van der Waals surface area contributed by atoms with Crippen molar-refractivity contribution in [1.29, 1.82) is 0 Å². The fourth-order valence-corrected chi connectivity index (χ4v) is 3.54. The van der Waals surface area contributed by atoms with Gasteiger partial charge in [-0.2, -0.15) is 0 Å². The number of thiophene rings is 1. The van der Waals surface area contributed by atoms with Gasteiger partial charge in [0.1, 0.15) is 18.0 Å². The van der Waals surface area contributed by atoms with Gasteiger partial charge in [-0.15, -0.1) is 11.3 Å². The topological polar surface area (TPSA) is 90.4 Å². The van der Waals surface area contributed by atoms with E-state index < -0.39 is 17.2 Å². The van der Waals surface area contributed by atoms with Crippen molar-refractivity contribution in [2.24, 2.45) is 0 Å². The Morgan fingerprint density at radius 1 is 1.19 bits per heavy atom. The Kier molecular flexibility index (Phi) is 5.34. The Hall–Kier alpha value is -2.71. The summed E-state index contributed by atoms with van der Waals surface area (Å²) in [5.41, 5.74) is 2.43. The van der Waals surface area contributed by atoms with Crippen LogP contribution in [0.15, 0.2) is 39.2 Å². The lowest BCUT2D eigenvalue weighted by Gasteiger charge is -2.10. The maximum absolute atomic E-state index is 12.3. The zero-order chi connectivity index (χ0) is 18.7. The molecule has 3 rings (SSSR count). The zero-order valence-corrected chi connectivity index (χ0v) is 15.2. The number of rotatable bonds is 6. The minimum absolute atomic E-state index is 0.0526. The SMILES string of the molecule is CC(=O)OCCOCn1c(=O)[nH]c(=O)c2scc(-c3ccc(C)cc3)c21. The highest BCUT2D eigenvalue weighted by Crippen LogP contribution is 2.31. The van der Waals surface area contributed by atoms with Crippen molar-refractivity contribution in [3.05, 3.63) is 56.0 Å². The number of hydrogen-bond acceptors (Lipinski definition) is 6. The molecule has 0 spiro atoms. The fourth-order valence-electron chi connectivity index (χ4n) is 2.56. The van der Waals surface area contributed by atoms with E-state index in [9.17, 15) is 14.4 Å². The number of hydrogen-bond donors (Lipinski definition) is 1. The molecule has 2 aromatic heterocycles. The molecule has 26 heavy (non-hydrogen) atoms. The van der Waals surface area contributed by atoms with Crippen LogP contribution >= 0.6 is 11.3 Å². The van der Waals surface area contributed by atoms with Crippen LogP contribution in [0.25, 0.3) is 21.3 Å². The molecule has 7 nitrogen and oxygen atoms in total. The van der Waals surface area contributed by atoms with Crippen LogP contribution in [-0.2, 0) is 21.0 Å². The van der Waals surface area contributed by atoms with Gasteiger partial charge in [-0.1, -0.05) is 29.8 Å². The normalized spacial score (nSPS) is 11.0. The summed E-state index contributed by atoms with van der Waals surface area (Å²) in [6, 6.07) is 7.86. The second kappa shape index (κ2) is 7.67. The van der Waals surface area contributed by atoms with Crippen LogP contribution in [0.3, 0.4) is 0 Å². The lowest BCUT2D eigenvalue weighted by Crippen LogP contribution is -2.30. The number of nitrogens with one attached hydrogen (secondary N) is 1. The molecule has 0 fully saturated rings. The molecular weight excluding hydrogens is 356 g/mol. The lowest BCUT2D eigenvalue weighted by molar-refractivity contribution is -0.142. The summed E-state index contributed by atoms with van der Waals surface area (Å²) in [4.78, 5) is 37.5. The van der Waals surface area contributed by atoms with Gasteiger partial charge in [0, 0.05) is 17.9 Å². The number of esters is 1. The molecule has 0 aliphatic rings. The standard InChI is InChI=1S/C18H18N2O5S/c1-11-3-5-13(6-4-11)14-9-26-16-15(14)20(18(23)19-17(16)22)10-24-7-8-25-12(2)21/h3-6,9H,7-8,10H2,1-2H3,(H,19,22,23). The summed E-state index contributed by atoms with van der Waals surface area (Å²) in [6.07, 6.45) is 0. The minimum atomic E-state index is -0.540. The van der Waals surface area contributed by atoms with E-state index in [1.54, 1.807) is 0 Å². The van der Waals surface area contributed by atoms with E-state index in [0.717, 1.165) is 16.7 Å². The van der Waals surface area contributed by atoms with Crippen molar-refractivity contribution in [2.45, 2.75) is 20.6 Å². The van der Waals surface area contributed by atoms with E-state index in [1.165, 1.54) is 22.8 Å². The molecule has 0 saturated carbocycles. The van der Waals surface area contributed by atoms with Crippen molar-refractivity contribution in [1.82, 2.24) is 9.55 Å². The van der Waals surface area contributed by atoms with Gasteiger partial charge in [-0.25, -0.2) is 4.79 Å². The molecule has 0 unspecified atom stereocenters. The zero-order valence-electron chi connectivity index (χ0n) is 14.4. The van der Waals surface area contributed by atoms with E-state index in [1.807, 2.05) is 36.6 Å². The Labute approximate surface area is 152 Å². The molecule has 0 amide bonds. The molecular formula is C18H18N2O5S. The smallest absolute Gasteiger partial charge is 0.330 e. The maximum Gasteiger partial charge on any atom is 0.330 e. The van der Waals surface area contributed by atoms with Crippen LogP contribution in [0.4, 0.5) is 0 Å². The number of ether oxygens (including phenoxy) is 2. The number of aryl methyl sites for hydroxylation is 1. The van der Waals surface area contributed by atoms with Gasteiger partial charge >= 0.3 is 11.7 Å². The van der Waals surface area contributed by atoms with Gasteiger partial charge < -0.3 is 9.47 Å². The molecule has 1 aromatic carbocycles. The third-order valence-corrected chi connectivity index (χ3v) is 4.79. The van der Waals surface area contributed by atoms with E-state index >= 15 is 0 Å². The molecule has 136 valence electrons.